The van der Waals surface area contributed by atoms with Gasteiger partial charge in [0.2, 0.25) is 10.6 Å². The molecule has 15 heteroatoms. The van der Waals surface area contributed by atoms with Crippen LogP contribution in [0.5, 0.6) is 11.5 Å². The van der Waals surface area contributed by atoms with Gasteiger partial charge in [0.15, 0.2) is 28.8 Å². The molecule has 0 amide bonds. The van der Waals surface area contributed by atoms with Gasteiger partial charge in [-0.1, -0.05) is 0 Å². The molecule has 6 heterocycles. The Morgan fingerprint density at radius 3 is 2.03 bits per heavy atom. The molecule has 2 atom stereocenters. The van der Waals surface area contributed by atoms with Gasteiger partial charge >= 0.3 is 5.97 Å². The number of aliphatic hydroxyl groups is 1. The average Bonchev–Trinajstić information content (AvgIpc) is 3.24. The molecule has 1 N–H and O–H groups in total. The number of halogens is 2. The highest BCUT2D eigenvalue weighted by molar-refractivity contribution is 6.28. The van der Waals surface area contributed by atoms with Gasteiger partial charge in [0, 0.05) is 25.9 Å². The lowest BCUT2D eigenvalue weighted by molar-refractivity contribution is 0.0588. The summed E-state index contributed by atoms with van der Waals surface area (Å²) in [5.74, 6) is 1.51. The number of hydrogen-bond acceptors (Lipinski definition) is 13. The molecule has 2 saturated heterocycles. The van der Waals surface area contributed by atoms with E-state index in [0.717, 1.165) is 19.4 Å². The summed E-state index contributed by atoms with van der Waals surface area (Å²) < 4.78 is 27.0. The number of nitrogens with zero attached hydrogens (tertiary/aromatic N) is 6. The van der Waals surface area contributed by atoms with E-state index in [0.29, 0.717) is 75.0 Å². The predicted octanol–water partition coefficient (Wildman–Crippen LogP) is 1.51. The Labute approximate surface area is 228 Å². The van der Waals surface area contributed by atoms with E-state index < -0.39 is 5.97 Å². The molecule has 2 fully saturated rings. The van der Waals surface area contributed by atoms with Crippen molar-refractivity contribution in [1.82, 2.24) is 19.9 Å². The highest BCUT2D eigenvalue weighted by atomic mass is 35.5. The van der Waals surface area contributed by atoms with Gasteiger partial charge in [-0.2, -0.15) is 9.97 Å². The summed E-state index contributed by atoms with van der Waals surface area (Å²) in [5, 5.41) is 9.47. The van der Waals surface area contributed by atoms with Gasteiger partial charge in [0.05, 0.1) is 65.4 Å². The number of carbonyl (C=O) groups is 1. The van der Waals surface area contributed by atoms with Gasteiger partial charge in [0.1, 0.15) is 5.69 Å². The van der Waals surface area contributed by atoms with Crippen molar-refractivity contribution in [2.24, 2.45) is 0 Å². The normalized spacial score (nSPS) is 22.0. The fourth-order valence-electron chi connectivity index (χ4n) is 4.82. The number of aromatic nitrogens is 4. The summed E-state index contributed by atoms with van der Waals surface area (Å²) in [6.07, 6.45) is 1.65. The maximum Gasteiger partial charge on any atom is 0.360 e. The van der Waals surface area contributed by atoms with Crippen LogP contribution in [0.2, 0.25) is 10.6 Å². The number of morpholine rings is 2. The van der Waals surface area contributed by atoms with Gasteiger partial charge in [-0.15, -0.1) is 0 Å². The van der Waals surface area contributed by atoms with Crippen LogP contribution >= 0.6 is 23.2 Å². The number of esters is 1. The first-order valence-electron chi connectivity index (χ1n) is 12.3. The smallest absolute Gasteiger partial charge is 0.360 e. The number of rotatable bonds is 2. The Balaban J connectivity index is 0.000000156. The Morgan fingerprint density at radius 1 is 0.895 bits per heavy atom. The molecule has 0 radical (unpaired) electrons. The van der Waals surface area contributed by atoms with Crippen LogP contribution < -0.4 is 19.3 Å². The fourth-order valence-corrected chi connectivity index (χ4v) is 5.17. The van der Waals surface area contributed by atoms with Crippen molar-refractivity contribution >= 4 is 40.8 Å². The van der Waals surface area contributed by atoms with E-state index in [4.69, 9.17) is 46.9 Å². The lowest BCUT2D eigenvalue weighted by atomic mass is 10.1. The number of ether oxygens (including phenoxy) is 5. The Morgan fingerprint density at radius 2 is 1.45 bits per heavy atom. The molecular formula is C23H28Cl2N6O7. The minimum atomic E-state index is -0.586. The summed E-state index contributed by atoms with van der Waals surface area (Å²) >= 11 is 11.8. The van der Waals surface area contributed by atoms with E-state index in [9.17, 15) is 9.90 Å². The zero-order chi connectivity index (χ0) is 26.6. The Hall–Kier alpha value is -2.71. The molecule has 6 rings (SSSR count). The molecule has 206 valence electrons. The molecule has 4 aliphatic rings. The summed E-state index contributed by atoms with van der Waals surface area (Å²) in [4.78, 5) is 32.4. The highest BCUT2D eigenvalue weighted by Gasteiger charge is 2.34. The minimum Gasteiger partial charge on any atom is -0.488 e. The lowest BCUT2D eigenvalue weighted by Crippen LogP contribution is -2.45. The second-order valence-corrected chi connectivity index (χ2v) is 9.53. The molecule has 0 aromatic carbocycles. The maximum absolute atomic E-state index is 11.8. The van der Waals surface area contributed by atoms with Gasteiger partial charge < -0.3 is 38.6 Å². The zero-order valence-electron chi connectivity index (χ0n) is 20.8. The van der Waals surface area contributed by atoms with Crippen molar-refractivity contribution in [3.05, 3.63) is 22.0 Å². The third kappa shape index (κ3) is 5.52. The topological polar surface area (TPSA) is 141 Å². The van der Waals surface area contributed by atoms with Crippen LogP contribution in [0.15, 0.2) is 0 Å². The van der Waals surface area contributed by atoms with Crippen molar-refractivity contribution < 1.29 is 33.6 Å². The van der Waals surface area contributed by atoms with E-state index >= 15 is 0 Å². The number of carbonyl (C=O) groups excluding carboxylic acids is 1. The van der Waals surface area contributed by atoms with E-state index in [-0.39, 0.29) is 35.0 Å². The monoisotopic (exact) mass is 570 g/mol. The van der Waals surface area contributed by atoms with Crippen molar-refractivity contribution in [2.75, 3.05) is 69.6 Å². The molecule has 2 aromatic rings. The Kier molecular flexibility index (Phi) is 8.48. The summed E-state index contributed by atoms with van der Waals surface area (Å²) in [7, 11) is 1.29. The van der Waals surface area contributed by atoms with Gasteiger partial charge in [-0.25, -0.2) is 14.8 Å². The highest BCUT2D eigenvalue weighted by Crippen LogP contribution is 2.37. The molecule has 0 spiro atoms. The minimum absolute atomic E-state index is 0.000100. The van der Waals surface area contributed by atoms with Crippen molar-refractivity contribution in [1.29, 1.82) is 0 Å². The number of methoxy groups -OCH3 is 1. The number of hydrogen-bond donors (Lipinski definition) is 1. The van der Waals surface area contributed by atoms with Crippen LogP contribution in [0, 0.1) is 0 Å². The Bertz CT molecular complexity index is 1180. The summed E-state index contributed by atoms with van der Waals surface area (Å²) in [5.41, 5.74) is 0.506. The molecule has 0 bridgehead atoms. The molecule has 0 aliphatic carbocycles. The first-order valence-corrected chi connectivity index (χ1v) is 13.0. The predicted molar refractivity (Wildman–Crippen MR) is 135 cm³/mol. The third-order valence-electron chi connectivity index (χ3n) is 6.63. The first kappa shape index (κ1) is 26.9. The molecule has 0 saturated carbocycles. The van der Waals surface area contributed by atoms with Crippen LogP contribution in [0.3, 0.4) is 0 Å². The van der Waals surface area contributed by atoms with Crippen molar-refractivity contribution in [3.63, 3.8) is 0 Å². The van der Waals surface area contributed by atoms with Gasteiger partial charge in [0.25, 0.3) is 0 Å². The van der Waals surface area contributed by atoms with Crippen LogP contribution in [-0.4, -0.2) is 103 Å². The quantitative estimate of drug-likeness (QED) is 0.412. The largest absolute Gasteiger partial charge is 0.488 e. The maximum atomic E-state index is 11.8. The van der Waals surface area contributed by atoms with Crippen molar-refractivity contribution in [3.8, 4) is 11.5 Å². The van der Waals surface area contributed by atoms with Crippen LogP contribution in [0.1, 0.15) is 29.0 Å². The van der Waals surface area contributed by atoms with Gasteiger partial charge in [-0.05, 0) is 23.2 Å². The van der Waals surface area contributed by atoms with Gasteiger partial charge in [-0.3, -0.25) is 0 Å². The number of aliphatic hydroxyl groups excluding tert-OH is 1. The second-order valence-electron chi connectivity index (χ2n) is 8.85. The SMILES string of the molecule is COC(=O)c1nc(Cl)nc2c1OCC[C@@H]1COCCN21.OCc1nc(Cl)nc2c1OCC[C@@H]1COCCN21. The molecule has 2 aromatic heterocycles. The van der Waals surface area contributed by atoms with E-state index in [1.165, 1.54) is 7.11 Å². The second kappa shape index (κ2) is 12.0. The molecule has 38 heavy (non-hydrogen) atoms. The van der Waals surface area contributed by atoms with Crippen LogP contribution in [-0.2, 0) is 20.8 Å². The molecule has 0 unspecified atom stereocenters. The van der Waals surface area contributed by atoms with E-state index in [1.54, 1.807) is 0 Å². The zero-order valence-corrected chi connectivity index (χ0v) is 22.3. The summed E-state index contributed by atoms with van der Waals surface area (Å²) in [6.45, 7) is 4.78. The molecular weight excluding hydrogens is 543 g/mol. The summed E-state index contributed by atoms with van der Waals surface area (Å²) in [6, 6.07) is 0.416. The number of anilines is 2. The first-order chi connectivity index (χ1) is 18.5. The average molecular weight is 571 g/mol. The van der Waals surface area contributed by atoms with Crippen LogP contribution in [0.4, 0.5) is 11.6 Å². The third-order valence-corrected chi connectivity index (χ3v) is 6.97. The number of fused-ring (bicyclic) bond motifs is 6. The van der Waals surface area contributed by atoms with Crippen molar-refractivity contribution in [2.45, 2.75) is 31.5 Å². The van der Waals surface area contributed by atoms with Crippen LogP contribution in [0.25, 0.3) is 0 Å². The lowest BCUT2D eigenvalue weighted by Gasteiger charge is -2.34. The molecule has 13 nitrogen and oxygen atoms in total. The van der Waals surface area contributed by atoms with E-state index in [1.807, 2.05) is 0 Å². The fraction of sp³-hybridized carbons (Fsp3) is 0.609. The standard InChI is InChI=1S/C12H14ClN3O4.C11H14ClN3O3/c1-18-11(17)8-9-10(15-12(13)14-8)16-3-5-19-6-7(16)2-4-20-9;12-11-13-8(5-16)9-10(14-11)15-2-4-17-6-7(15)1-3-18-9/h7H,2-6H2,1H3;7,16H,1-6H2/t2*7-/m11/s1. The van der Waals surface area contributed by atoms with E-state index in [2.05, 4.69) is 29.7 Å². The molecule has 4 aliphatic heterocycles.